The van der Waals surface area contributed by atoms with Gasteiger partial charge in [0.25, 0.3) is 0 Å². The van der Waals surface area contributed by atoms with Crippen molar-refractivity contribution in [2.24, 2.45) is 4.52 Å². The van der Waals surface area contributed by atoms with Gasteiger partial charge in [-0.3, -0.25) is 4.52 Å². The zero-order valence-corrected chi connectivity index (χ0v) is 14.7. The summed E-state index contributed by atoms with van der Waals surface area (Å²) in [5.74, 6) is 0. The molecule has 16 heavy (non-hydrogen) atoms. The zero-order chi connectivity index (χ0) is 12.6. The quantitative estimate of drug-likeness (QED) is 0.476. The summed E-state index contributed by atoms with van der Waals surface area (Å²) >= 11 is 0. The van der Waals surface area contributed by atoms with Gasteiger partial charge in [-0.2, -0.15) is 0 Å². The van der Waals surface area contributed by atoms with Crippen molar-refractivity contribution in [3.8, 4) is 0 Å². The lowest BCUT2D eigenvalue weighted by atomic mass is 11.0. The summed E-state index contributed by atoms with van der Waals surface area (Å²) in [6.07, 6.45) is 8.09. The van der Waals surface area contributed by atoms with E-state index in [4.69, 9.17) is 4.52 Å². The molecule has 4 heteroatoms. The van der Waals surface area contributed by atoms with Crippen LogP contribution in [-0.2, 0) is 0 Å². The van der Waals surface area contributed by atoms with Gasteiger partial charge in [-0.15, -0.1) is 0 Å². The van der Waals surface area contributed by atoms with Gasteiger partial charge in [0.2, 0.25) is 0 Å². The highest BCUT2D eigenvalue weighted by molar-refractivity contribution is 8.34. The molecule has 0 amide bonds. The molecule has 0 saturated carbocycles. The van der Waals surface area contributed by atoms with Crippen molar-refractivity contribution in [2.45, 2.75) is 41.5 Å². The molecule has 0 rings (SSSR count). The van der Waals surface area contributed by atoms with Crippen LogP contribution in [-0.4, -0.2) is 37.0 Å². The largest absolute Gasteiger partial charge is 0.276 e. The smallest absolute Gasteiger partial charge is 0.0137 e. The van der Waals surface area contributed by atoms with Crippen LogP contribution in [0.25, 0.3) is 0 Å². The molecule has 0 aliphatic rings. The maximum atomic E-state index is 5.43. The van der Waals surface area contributed by atoms with Crippen LogP contribution in [0.1, 0.15) is 41.5 Å². The molecule has 0 heterocycles. The Morgan fingerprint density at radius 1 is 0.750 bits per heavy atom. The van der Waals surface area contributed by atoms with E-state index in [0.29, 0.717) is 0 Å². The first kappa shape index (κ1) is 17.1. The minimum absolute atomic E-state index is 0.00913. The highest BCUT2D eigenvalue weighted by Gasteiger charge is 2.24. The molecule has 0 aromatic carbocycles. The predicted octanol–water partition coefficient (Wildman–Crippen LogP) is 6.10. The number of nitrogens with zero attached hydrogens (tertiary/aromatic N) is 1. The van der Waals surface area contributed by atoms with Gasteiger partial charge in [0.1, 0.15) is 0 Å². The molecule has 0 aromatic heterocycles. The van der Waals surface area contributed by atoms with E-state index in [0.717, 1.165) is 0 Å². The molecule has 0 fully saturated rings. The molecule has 0 N–H and O–H groups in total. The van der Waals surface area contributed by atoms with Crippen molar-refractivity contribution in [1.29, 1.82) is 0 Å². The highest BCUT2D eigenvalue weighted by Crippen LogP contribution is 2.79. The number of rotatable bonds is 8. The Kier molecular flexibility index (Phi) is 9.70. The Balaban J connectivity index is 5.20. The van der Waals surface area contributed by atoms with Crippen LogP contribution in [0.5, 0.6) is 0 Å². The van der Waals surface area contributed by atoms with E-state index in [-0.39, 0.29) is 15.7 Å². The first-order valence-electron chi connectivity index (χ1n) is 6.74. The van der Waals surface area contributed by atoms with Crippen molar-refractivity contribution < 1.29 is 0 Å². The fraction of sp³-hybridized carbons (Fsp3) is 1.00. The number of hydrogen-bond acceptors (Lipinski definition) is 1. The molecular formula is C12H30NP3. The van der Waals surface area contributed by atoms with Crippen molar-refractivity contribution >= 4 is 22.4 Å². The lowest BCUT2D eigenvalue weighted by Gasteiger charge is -2.32. The Hall–Kier alpha value is 1.09. The summed E-state index contributed by atoms with van der Waals surface area (Å²) in [6, 6.07) is 0. The fourth-order valence-electron chi connectivity index (χ4n) is 2.14. The second-order valence-corrected chi connectivity index (χ2v) is 16.1. The molecule has 0 spiro atoms. The van der Waals surface area contributed by atoms with Gasteiger partial charge in [0.05, 0.1) is 0 Å². The first-order valence-corrected chi connectivity index (χ1v) is 12.9. The normalized spacial score (nSPS) is 12.5. The zero-order valence-electron chi connectivity index (χ0n) is 12.0. The summed E-state index contributed by atoms with van der Waals surface area (Å²) in [5, 5.41) is 0. The van der Waals surface area contributed by atoms with E-state index in [1.165, 1.54) is 37.0 Å². The summed E-state index contributed by atoms with van der Waals surface area (Å²) in [4.78, 5) is 0. The van der Waals surface area contributed by atoms with E-state index < -0.39 is 6.74 Å². The second-order valence-electron chi connectivity index (χ2n) is 3.88. The van der Waals surface area contributed by atoms with Crippen LogP contribution < -0.4 is 0 Å². The van der Waals surface area contributed by atoms with Gasteiger partial charge < -0.3 is 0 Å². The van der Waals surface area contributed by atoms with Crippen molar-refractivity contribution in [2.75, 3.05) is 37.0 Å². The van der Waals surface area contributed by atoms with Crippen LogP contribution in [0.3, 0.4) is 0 Å². The summed E-state index contributed by atoms with van der Waals surface area (Å²) in [5.41, 5.74) is 0. The Morgan fingerprint density at radius 3 is 1.44 bits per heavy atom. The van der Waals surface area contributed by atoms with Crippen molar-refractivity contribution in [1.82, 2.24) is 0 Å². The van der Waals surface area contributed by atoms with E-state index in [9.17, 15) is 0 Å². The topological polar surface area (TPSA) is 12.4 Å². The minimum atomic E-state index is -0.939. The van der Waals surface area contributed by atoms with E-state index in [2.05, 4.69) is 41.5 Å². The average Bonchev–Trinajstić information content (AvgIpc) is 2.35. The van der Waals surface area contributed by atoms with E-state index in [1.807, 2.05) is 0 Å². The molecule has 1 nitrogen and oxygen atoms in total. The Labute approximate surface area is 106 Å². The van der Waals surface area contributed by atoms with Gasteiger partial charge in [-0.25, -0.2) is 0 Å². The highest BCUT2D eigenvalue weighted by atomic mass is 32.1. The third-order valence-electron chi connectivity index (χ3n) is 3.29. The number of hydrogen-bond donors (Lipinski definition) is 0. The Morgan fingerprint density at radius 2 is 1.19 bits per heavy atom. The third-order valence-corrected chi connectivity index (χ3v) is 18.9. The lowest BCUT2D eigenvalue weighted by molar-refractivity contribution is 1.36. The molecule has 0 saturated heterocycles. The van der Waals surface area contributed by atoms with E-state index in [1.54, 1.807) is 0 Å². The van der Waals surface area contributed by atoms with Gasteiger partial charge >= 0.3 is 0 Å². The summed E-state index contributed by atoms with van der Waals surface area (Å²) in [6.45, 7) is 13.2. The van der Waals surface area contributed by atoms with Gasteiger partial charge in [-0.05, 0) is 43.7 Å². The lowest BCUT2D eigenvalue weighted by Crippen LogP contribution is -1.94. The maximum absolute atomic E-state index is 5.43. The molecule has 0 atom stereocenters. The standard InChI is InChI=1S/C12H30NP3/c1-7-14(8-2)13-16(11-5,12-6)15(9-3)10-4/h7-12H2,1-6H3. The van der Waals surface area contributed by atoms with Crippen LogP contribution >= 0.6 is 22.4 Å². The SMILES string of the molecule is CCP(CC)N=P(CC)(CC)P(CC)CC. The van der Waals surface area contributed by atoms with Crippen molar-refractivity contribution in [3.05, 3.63) is 0 Å². The fourth-order valence-corrected chi connectivity index (χ4v) is 17.3. The third kappa shape index (κ3) is 4.40. The first-order chi connectivity index (χ1) is 7.63. The predicted molar refractivity (Wildman–Crippen MR) is 86.4 cm³/mol. The molecule has 0 radical (unpaired) electrons. The summed E-state index contributed by atoms with van der Waals surface area (Å²) < 4.78 is 5.43. The van der Waals surface area contributed by atoms with Gasteiger partial charge in [0, 0.05) is 8.07 Å². The second kappa shape index (κ2) is 9.08. The molecular weight excluding hydrogens is 251 g/mol. The molecule has 0 aliphatic heterocycles. The van der Waals surface area contributed by atoms with Crippen LogP contribution in [0.2, 0.25) is 0 Å². The van der Waals surface area contributed by atoms with Crippen LogP contribution in [0.15, 0.2) is 4.52 Å². The average molecular weight is 281 g/mol. The molecule has 0 unspecified atom stereocenters. The van der Waals surface area contributed by atoms with Crippen LogP contribution in [0, 0.1) is 0 Å². The molecule has 98 valence electrons. The maximum Gasteiger partial charge on any atom is 0.0137 e. The minimum Gasteiger partial charge on any atom is -0.276 e. The van der Waals surface area contributed by atoms with Gasteiger partial charge in [0.15, 0.2) is 0 Å². The monoisotopic (exact) mass is 281 g/mol. The van der Waals surface area contributed by atoms with Crippen LogP contribution in [0.4, 0.5) is 0 Å². The molecule has 0 aliphatic carbocycles. The molecule has 0 bridgehead atoms. The van der Waals surface area contributed by atoms with E-state index >= 15 is 0 Å². The summed E-state index contributed by atoms with van der Waals surface area (Å²) in [7, 11) is 0.203. The van der Waals surface area contributed by atoms with Crippen molar-refractivity contribution in [3.63, 3.8) is 0 Å². The molecule has 0 aromatic rings. The van der Waals surface area contributed by atoms with Gasteiger partial charge in [-0.1, -0.05) is 49.2 Å². The Bertz CT molecular complexity index is 212.